The van der Waals surface area contributed by atoms with Gasteiger partial charge in [0.25, 0.3) is 5.91 Å². The number of nitrogens with one attached hydrogen (secondary N) is 1. The third-order valence-electron chi connectivity index (χ3n) is 7.13. The van der Waals surface area contributed by atoms with Gasteiger partial charge in [-0.2, -0.15) is 13.2 Å². The molecular weight excluding hydrogens is 433 g/mol. The van der Waals surface area contributed by atoms with E-state index in [-0.39, 0.29) is 23.4 Å². The molecular formula is C24H25F3N4O2. The third-order valence-corrected chi connectivity index (χ3v) is 7.13. The zero-order chi connectivity index (χ0) is 23.2. The number of likely N-dealkylation sites (tertiary alicyclic amines) is 2. The minimum atomic E-state index is -4.47. The Morgan fingerprint density at radius 1 is 1.00 bits per heavy atom. The molecule has 0 aromatic heterocycles. The molecule has 33 heavy (non-hydrogen) atoms. The number of benzene rings is 2. The van der Waals surface area contributed by atoms with Crippen LogP contribution in [0.3, 0.4) is 0 Å². The van der Waals surface area contributed by atoms with Crippen molar-refractivity contribution in [3.05, 3.63) is 65.7 Å². The number of anilines is 1. The third kappa shape index (κ3) is 3.84. The second kappa shape index (κ2) is 8.06. The fourth-order valence-electron chi connectivity index (χ4n) is 5.15. The van der Waals surface area contributed by atoms with Gasteiger partial charge >= 0.3 is 6.18 Å². The van der Waals surface area contributed by atoms with Crippen LogP contribution in [0.1, 0.15) is 28.8 Å². The normalized spacial score (nSPS) is 21.2. The quantitative estimate of drug-likeness (QED) is 0.769. The Kier molecular flexibility index (Phi) is 5.31. The number of hydrogen-bond donors (Lipinski definition) is 1. The summed E-state index contributed by atoms with van der Waals surface area (Å²) in [5.74, 6) is -0.322. The molecule has 2 amide bonds. The predicted molar refractivity (Wildman–Crippen MR) is 117 cm³/mol. The molecule has 0 saturated carbocycles. The lowest BCUT2D eigenvalue weighted by Crippen LogP contribution is -2.65. The number of amides is 2. The second-order valence-electron chi connectivity index (χ2n) is 8.94. The molecule has 3 aliphatic heterocycles. The predicted octanol–water partition coefficient (Wildman–Crippen LogP) is 2.96. The maximum atomic E-state index is 13.0. The van der Waals surface area contributed by atoms with E-state index in [0.717, 1.165) is 30.9 Å². The summed E-state index contributed by atoms with van der Waals surface area (Å²) >= 11 is 0. The summed E-state index contributed by atoms with van der Waals surface area (Å²) in [4.78, 5) is 31.5. The minimum absolute atomic E-state index is 0.0564. The van der Waals surface area contributed by atoms with Crippen molar-refractivity contribution in [3.8, 4) is 0 Å². The lowest BCUT2D eigenvalue weighted by atomic mass is 9.84. The standard InChI is InChI=1S/C24H25F3N4O2/c25-24(26,27)18-6-4-5-17(13-18)21(32)30-14-20(15-30)29-11-9-23(10-12-29)22(33)28-16-31(23)19-7-2-1-3-8-19/h1-8,13,20H,9-12,14-16H2,(H,28,33). The number of carbonyl (C=O) groups excluding carboxylic acids is 2. The molecule has 5 rings (SSSR count). The number of carbonyl (C=O) groups is 2. The molecule has 3 heterocycles. The summed E-state index contributed by atoms with van der Waals surface area (Å²) in [7, 11) is 0. The molecule has 1 spiro atoms. The Balaban J connectivity index is 1.20. The molecule has 0 aliphatic carbocycles. The average molecular weight is 458 g/mol. The smallest absolute Gasteiger partial charge is 0.339 e. The van der Waals surface area contributed by atoms with Crippen molar-refractivity contribution in [3.63, 3.8) is 0 Å². The lowest BCUT2D eigenvalue weighted by Gasteiger charge is -2.50. The van der Waals surface area contributed by atoms with Crippen LogP contribution in [0.2, 0.25) is 0 Å². The summed E-state index contributed by atoms with van der Waals surface area (Å²) in [5, 5.41) is 2.99. The zero-order valence-corrected chi connectivity index (χ0v) is 18.0. The van der Waals surface area contributed by atoms with Crippen LogP contribution in [0.15, 0.2) is 54.6 Å². The summed E-state index contributed by atoms with van der Waals surface area (Å²) in [6.07, 6.45) is -3.10. The Morgan fingerprint density at radius 3 is 2.36 bits per heavy atom. The number of rotatable bonds is 3. The zero-order valence-electron chi connectivity index (χ0n) is 18.0. The maximum absolute atomic E-state index is 13.0. The molecule has 0 bridgehead atoms. The van der Waals surface area contributed by atoms with Gasteiger partial charge in [0, 0.05) is 43.5 Å². The number of halogens is 3. The molecule has 6 nitrogen and oxygen atoms in total. The maximum Gasteiger partial charge on any atom is 0.416 e. The first-order valence-electron chi connectivity index (χ1n) is 11.1. The van der Waals surface area contributed by atoms with Crippen molar-refractivity contribution in [2.45, 2.75) is 30.6 Å². The van der Waals surface area contributed by atoms with E-state index in [4.69, 9.17) is 0 Å². The number of para-hydroxylation sites is 1. The van der Waals surface area contributed by atoms with Crippen molar-refractivity contribution in [2.75, 3.05) is 37.7 Å². The Morgan fingerprint density at radius 2 is 1.70 bits per heavy atom. The van der Waals surface area contributed by atoms with Gasteiger partial charge < -0.3 is 15.1 Å². The van der Waals surface area contributed by atoms with Crippen LogP contribution in [0.4, 0.5) is 18.9 Å². The first kappa shape index (κ1) is 21.8. The highest BCUT2D eigenvalue weighted by Crippen LogP contribution is 2.37. The van der Waals surface area contributed by atoms with E-state index in [1.54, 1.807) is 4.90 Å². The van der Waals surface area contributed by atoms with Gasteiger partial charge in [-0.1, -0.05) is 24.3 Å². The number of alkyl halides is 3. The van der Waals surface area contributed by atoms with Crippen molar-refractivity contribution in [2.24, 2.45) is 0 Å². The molecule has 1 N–H and O–H groups in total. The van der Waals surface area contributed by atoms with Gasteiger partial charge in [-0.25, -0.2) is 0 Å². The van der Waals surface area contributed by atoms with Crippen molar-refractivity contribution < 1.29 is 22.8 Å². The number of piperidine rings is 1. The Bertz CT molecular complexity index is 1050. The van der Waals surface area contributed by atoms with Crippen LogP contribution in [0.5, 0.6) is 0 Å². The van der Waals surface area contributed by atoms with Gasteiger partial charge in [0.15, 0.2) is 0 Å². The monoisotopic (exact) mass is 458 g/mol. The van der Waals surface area contributed by atoms with E-state index < -0.39 is 17.3 Å². The Labute approximate surface area is 189 Å². The fourth-order valence-corrected chi connectivity index (χ4v) is 5.15. The van der Waals surface area contributed by atoms with E-state index in [2.05, 4.69) is 15.1 Å². The van der Waals surface area contributed by atoms with Crippen molar-refractivity contribution in [1.29, 1.82) is 0 Å². The first-order chi connectivity index (χ1) is 15.8. The molecule has 174 valence electrons. The van der Waals surface area contributed by atoms with Gasteiger partial charge in [-0.15, -0.1) is 0 Å². The van der Waals surface area contributed by atoms with E-state index in [0.29, 0.717) is 32.6 Å². The van der Waals surface area contributed by atoms with Crippen LogP contribution in [0.25, 0.3) is 0 Å². The summed E-state index contributed by atoms with van der Waals surface area (Å²) < 4.78 is 38.9. The summed E-state index contributed by atoms with van der Waals surface area (Å²) in [6.45, 7) is 2.92. The highest BCUT2D eigenvalue weighted by molar-refractivity contribution is 5.95. The van der Waals surface area contributed by atoms with Crippen LogP contribution in [-0.2, 0) is 11.0 Å². The van der Waals surface area contributed by atoms with Gasteiger partial charge in [0.05, 0.1) is 12.2 Å². The first-order valence-corrected chi connectivity index (χ1v) is 11.1. The molecule has 2 aromatic rings. The van der Waals surface area contributed by atoms with E-state index in [1.807, 2.05) is 30.3 Å². The topological polar surface area (TPSA) is 55.9 Å². The molecule has 0 unspecified atom stereocenters. The lowest BCUT2D eigenvalue weighted by molar-refractivity contribution is -0.137. The number of nitrogens with zero attached hydrogens (tertiary/aromatic N) is 3. The van der Waals surface area contributed by atoms with Crippen molar-refractivity contribution in [1.82, 2.24) is 15.1 Å². The highest BCUT2D eigenvalue weighted by Gasteiger charge is 2.51. The van der Waals surface area contributed by atoms with E-state index in [1.165, 1.54) is 12.1 Å². The summed E-state index contributed by atoms with van der Waals surface area (Å²) in [5.41, 5.74) is -0.299. The van der Waals surface area contributed by atoms with Crippen LogP contribution in [0, 0.1) is 0 Å². The average Bonchev–Trinajstić information content (AvgIpc) is 3.09. The van der Waals surface area contributed by atoms with E-state index >= 15 is 0 Å². The highest BCUT2D eigenvalue weighted by atomic mass is 19.4. The molecule has 3 saturated heterocycles. The summed E-state index contributed by atoms with van der Waals surface area (Å²) in [6, 6.07) is 14.6. The number of hydrogen-bond acceptors (Lipinski definition) is 4. The van der Waals surface area contributed by atoms with Gasteiger partial charge in [-0.3, -0.25) is 14.5 Å². The molecule has 3 aliphatic rings. The molecule has 2 aromatic carbocycles. The van der Waals surface area contributed by atoms with Crippen LogP contribution in [-0.4, -0.2) is 66.0 Å². The van der Waals surface area contributed by atoms with Crippen LogP contribution >= 0.6 is 0 Å². The largest absolute Gasteiger partial charge is 0.416 e. The van der Waals surface area contributed by atoms with Gasteiger partial charge in [0.1, 0.15) is 5.54 Å². The second-order valence-corrected chi connectivity index (χ2v) is 8.94. The van der Waals surface area contributed by atoms with Gasteiger partial charge in [0.2, 0.25) is 5.91 Å². The minimum Gasteiger partial charge on any atom is -0.339 e. The van der Waals surface area contributed by atoms with Crippen LogP contribution < -0.4 is 10.2 Å². The molecule has 0 radical (unpaired) electrons. The fraction of sp³-hybridized carbons (Fsp3) is 0.417. The van der Waals surface area contributed by atoms with Gasteiger partial charge in [-0.05, 0) is 43.2 Å². The van der Waals surface area contributed by atoms with Crippen molar-refractivity contribution >= 4 is 17.5 Å². The Hall–Kier alpha value is -3.07. The van der Waals surface area contributed by atoms with E-state index in [9.17, 15) is 22.8 Å². The SMILES string of the molecule is O=C(c1cccc(C(F)(F)F)c1)N1CC(N2CCC3(CC2)C(=O)NCN3c2ccccc2)C1. The molecule has 0 atom stereocenters. The molecule has 3 fully saturated rings. The molecule has 9 heteroatoms.